The third-order valence-corrected chi connectivity index (χ3v) is 3.26. The molecule has 0 aliphatic rings. The van der Waals surface area contributed by atoms with Crippen molar-refractivity contribution in [1.82, 2.24) is 19.9 Å². The van der Waals surface area contributed by atoms with E-state index in [0.717, 1.165) is 39.3 Å². The molecule has 0 atom stereocenters. The number of rotatable bonds is 1. The summed E-state index contributed by atoms with van der Waals surface area (Å²) < 4.78 is 0. The molecule has 0 radical (unpaired) electrons. The highest BCUT2D eigenvalue weighted by Gasteiger charge is 2.07. The van der Waals surface area contributed by atoms with Gasteiger partial charge >= 0.3 is 6.15 Å². The van der Waals surface area contributed by atoms with Gasteiger partial charge in [0.15, 0.2) is 0 Å². The van der Waals surface area contributed by atoms with Gasteiger partial charge in [0.05, 0.1) is 22.1 Å². The van der Waals surface area contributed by atoms with Crippen LogP contribution >= 0.6 is 0 Å². The van der Waals surface area contributed by atoms with Crippen LogP contribution in [0.4, 0.5) is 0 Å². The molecule has 6 heteroatoms. The van der Waals surface area contributed by atoms with Crippen molar-refractivity contribution >= 4 is 28.2 Å². The maximum Gasteiger partial charge on any atom is 0.373 e. The molecular weight excluding hydrogens is 292 g/mol. The van der Waals surface area contributed by atoms with Crippen LogP contribution in [0.25, 0.3) is 33.5 Å². The van der Waals surface area contributed by atoms with Crippen molar-refractivity contribution in [1.29, 1.82) is 0 Å². The molecule has 0 bridgehead atoms. The topological polar surface area (TPSA) is 91.5 Å². The minimum atomic E-state index is 0. The first kappa shape index (κ1) is 16.1. The predicted molar refractivity (Wildman–Crippen MR) is 87.7 cm³/mol. The number of para-hydroxylation sites is 2. The molecule has 116 valence electrons. The maximum atomic E-state index is 8.12. The van der Waals surface area contributed by atoms with Crippen molar-refractivity contribution in [3.05, 3.63) is 48.3 Å². The first-order valence-electron chi connectivity index (χ1n) is 6.62. The number of aromatic amines is 2. The van der Waals surface area contributed by atoms with Crippen molar-refractivity contribution in [2.24, 2.45) is 0 Å². The monoisotopic (exact) mass is 308 g/mol. The van der Waals surface area contributed by atoms with E-state index in [0.29, 0.717) is 0 Å². The average molecular weight is 308 g/mol. The number of H-pyrrole nitrogens is 2. The van der Waals surface area contributed by atoms with Crippen LogP contribution in [0.3, 0.4) is 0 Å². The molecule has 6 nitrogen and oxygen atoms in total. The molecule has 4 aromatic rings. The van der Waals surface area contributed by atoms with Gasteiger partial charge in [-0.1, -0.05) is 19.6 Å². The maximum absolute atomic E-state index is 8.12. The van der Waals surface area contributed by atoms with Gasteiger partial charge in [0, 0.05) is 5.56 Å². The molecule has 0 aliphatic heterocycles. The van der Waals surface area contributed by atoms with Crippen molar-refractivity contribution in [2.75, 3.05) is 0 Å². The van der Waals surface area contributed by atoms with Gasteiger partial charge in [-0.25, -0.2) is 9.97 Å². The van der Waals surface area contributed by atoms with E-state index in [2.05, 4.69) is 26.0 Å². The second-order valence-corrected chi connectivity index (χ2v) is 4.74. The van der Waals surface area contributed by atoms with Crippen LogP contribution in [0.2, 0.25) is 0 Å². The molecule has 4 rings (SSSR count). The van der Waals surface area contributed by atoms with E-state index >= 15 is 0 Å². The normalized spacial score (nSPS) is 9.78. The molecule has 0 unspecified atom stereocenters. The number of aromatic nitrogens is 4. The van der Waals surface area contributed by atoms with Crippen LogP contribution in [0, 0.1) is 6.92 Å². The van der Waals surface area contributed by atoms with Gasteiger partial charge in [-0.3, -0.25) is 0 Å². The summed E-state index contributed by atoms with van der Waals surface area (Å²) in [7, 11) is 0. The number of hydrogen-bond acceptors (Lipinski definition) is 4. The molecule has 2 aromatic carbocycles. The van der Waals surface area contributed by atoms with Gasteiger partial charge in [-0.2, -0.15) is 9.59 Å². The lowest BCUT2D eigenvalue weighted by Gasteiger charge is -1.96. The van der Waals surface area contributed by atoms with Gasteiger partial charge in [-0.05, 0) is 37.3 Å². The number of fused-ring (bicyclic) bond motifs is 2. The third-order valence-electron chi connectivity index (χ3n) is 3.26. The van der Waals surface area contributed by atoms with Gasteiger partial charge < -0.3 is 9.97 Å². The fourth-order valence-corrected chi connectivity index (χ4v) is 2.37. The Morgan fingerprint density at radius 2 is 1.61 bits per heavy atom. The predicted octanol–water partition coefficient (Wildman–Crippen LogP) is 3.47. The summed E-state index contributed by atoms with van der Waals surface area (Å²) in [6.45, 7) is 1.96. The van der Waals surface area contributed by atoms with Crippen molar-refractivity contribution in [2.45, 2.75) is 14.4 Å². The van der Waals surface area contributed by atoms with Crippen molar-refractivity contribution in [3.63, 3.8) is 0 Å². The lowest BCUT2D eigenvalue weighted by atomic mass is 10.2. The molecule has 0 saturated heterocycles. The highest BCUT2D eigenvalue weighted by atomic mass is 16.2. The SMILES string of the molecule is C.Cc1nc2ccc(-c3nc4ccccc4[nH]3)cc2[nH]1.O=C=O. The highest BCUT2D eigenvalue weighted by Crippen LogP contribution is 2.23. The Kier molecular flexibility index (Phi) is 4.69. The lowest BCUT2D eigenvalue weighted by Crippen LogP contribution is -1.80. The molecule has 2 aromatic heterocycles. The van der Waals surface area contributed by atoms with Gasteiger partial charge in [0.2, 0.25) is 0 Å². The smallest absolute Gasteiger partial charge is 0.342 e. The summed E-state index contributed by atoms with van der Waals surface area (Å²) in [4.78, 5) is 31.8. The largest absolute Gasteiger partial charge is 0.373 e. The van der Waals surface area contributed by atoms with E-state index in [-0.39, 0.29) is 13.6 Å². The molecule has 0 saturated carbocycles. The van der Waals surface area contributed by atoms with Crippen LogP contribution in [-0.2, 0) is 9.59 Å². The van der Waals surface area contributed by atoms with Gasteiger partial charge in [0.1, 0.15) is 11.6 Å². The first-order chi connectivity index (χ1) is 10.7. The minimum absolute atomic E-state index is 0. The molecule has 0 amide bonds. The molecule has 2 N–H and O–H groups in total. The second kappa shape index (κ2) is 6.68. The van der Waals surface area contributed by atoms with Crippen LogP contribution < -0.4 is 0 Å². The zero-order chi connectivity index (χ0) is 15.5. The quantitative estimate of drug-likeness (QED) is 0.563. The Hall–Kier alpha value is -3.24. The molecule has 0 aliphatic carbocycles. The number of aryl methyl sites for hydroxylation is 1. The molecular formula is C17H16N4O2. The molecule has 0 fully saturated rings. The highest BCUT2D eigenvalue weighted by molar-refractivity contribution is 5.84. The van der Waals surface area contributed by atoms with E-state index in [1.807, 2.05) is 43.3 Å². The number of nitrogens with one attached hydrogen (secondary N) is 2. The van der Waals surface area contributed by atoms with E-state index in [1.54, 1.807) is 0 Å². The van der Waals surface area contributed by atoms with E-state index in [1.165, 1.54) is 0 Å². The summed E-state index contributed by atoms with van der Waals surface area (Å²) in [6.07, 6.45) is 0.250. The summed E-state index contributed by atoms with van der Waals surface area (Å²) in [5.41, 5.74) is 5.12. The Balaban J connectivity index is 0.000000448. The minimum Gasteiger partial charge on any atom is -0.342 e. The number of carbonyl (C=O) groups excluding carboxylic acids is 2. The number of benzene rings is 2. The third kappa shape index (κ3) is 3.17. The first-order valence-corrected chi connectivity index (χ1v) is 6.62. The van der Waals surface area contributed by atoms with Gasteiger partial charge in [-0.15, -0.1) is 0 Å². The van der Waals surface area contributed by atoms with Crippen LogP contribution in [0.5, 0.6) is 0 Å². The molecule has 23 heavy (non-hydrogen) atoms. The second-order valence-electron chi connectivity index (χ2n) is 4.74. The van der Waals surface area contributed by atoms with E-state index < -0.39 is 0 Å². The van der Waals surface area contributed by atoms with Crippen molar-refractivity contribution in [3.8, 4) is 11.4 Å². The fourth-order valence-electron chi connectivity index (χ4n) is 2.37. The van der Waals surface area contributed by atoms with E-state index in [4.69, 9.17) is 9.59 Å². The number of nitrogens with zero attached hydrogens (tertiary/aromatic N) is 2. The van der Waals surface area contributed by atoms with Gasteiger partial charge in [0.25, 0.3) is 0 Å². The summed E-state index contributed by atoms with van der Waals surface area (Å²) in [6, 6.07) is 14.2. The Bertz CT molecular complexity index is 946. The Morgan fingerprint density at radius 3 is 2.35 bits per heavy atom. The standard InChI is InChI=1S/C15H12N4.CO2.CH4/c1-9-16-13-7-6-10(8-14(13)17-9)15-18-11-4-2-3-5-12(11)19-15;2-1-3;/h2-8H,1H3,(H,16,17)(H,18,19);;1H4. The Labute approximate surface area is 132 Å². The van der Waals surface area contributed by atoms with E-state index in [9.17, 15) is 0 Å². The fraction of sp³-hybridized carbons (Fsp3) is 0.118. The summed E-state index contributed by atoms with van der Waals surface area (Å²) >= 11 is 0. The van der Waals surface area contributed by atoms with Crippen LogP contribution in [0.15, 0.2) is 42.5 Å². The average Bonchev–Trinajstić information content (AvgIpc) is 3.08. The number of hydrogen-bond donors (Lipinski definition) is 2. The van der Waals surface area contributed by atoms with Crippen molar-refractivity contribution < 1.29 is 9.59 Å². The Morgan fingerprint density at radius 1 is 0.913 bits per heavy atom. The molecule has 0 spiro atoms. The zero-order valence-electron chi connectivity index (χ0n) is 11.8. The van der Waals surface area contributed by atoms with Crippen LogP contribution in [0.1, 0.15) is 13.3 Å². The summed E-state index contributed by atoms with van der Waals surface area (Å²) in [5.74, 6) is 1.81. The lowest BCUT2D eigenvalue weighted by molar-refractivity contribution is -0.191. The summed E-state index contributed by atoms with van der Waals surface area (Å²) in [5, 5.41) is 0. The number of imidazole rings is 2. The molecule has 2 heterocycles. The van der Waals surface area contributed by atoms with Crippen LogP contribution in [-0.4, -0.2) is 26.1 Å². The zero-order valence-corrected chi connectivity index (χ0v) is 11.8.